The molecule has 0 aliphatic carbocycles. The third-order valence-corrected chi connectivity index (χ3v) is 7.76. The first kappa shape index (κ1) is 26.8. The number of piperazine rings is 1. The summed E-state index contributed by atoms with van der Waals surface area (Å²) in [6.07, 6.45) is 7.46. The maximum Gasteiger partial charge on any atom is 0.326 e. The summed E-state index contributed by atoms with van der Waals surface area (Å²) in [7, 11) is -3.11. The van der Waals surface area contributed by atoms with Gasteiger partial charge in [-0.2, -0.15) is 4.31 Å². The second-order valence-electron chi connectivity index (χ2n) is 9.22. The molecule has 10 heteroatoms. The molecule has 2 heterocycles. The predicted octanol–water partition coefficient (Wildman–Crippen LogP) is 3.09. The van der Waals surface area contributed by atoms with Crippen LogP contribution in [0.2, 0.25) is 0 Å². The highest BCUT2D eigenvalue weighted by atomic mass is 32.2. The molecule has 1 aliphatic rings. The van der Waals surface area contributed by atoms with Crippen LogP contribution in [0.5, 0.6) is 5.75 Å². The second kappa shape index (κ2) is 12.8. The molecule has 1 fully saturated rings. The number of imidazole rings is 1. The van der Waals surface area contributed by atoms with Gasteiger partial charge in [0.25, 0.3) is 0 Å². The summed E-state index contributed by atoms with van der Waals surface area (Å²) in [5, 5.41) is 2.95. The smallest absolute Gasteiger partial charge is 0.326 e. The van der Waals surface area contributed by atoms with Gasteiger partial charge >= 0.3 is 6.03 Å². The maximum absolute atomic E-state index is 12.4. The fourth-order valence-corrected chi connectivity index (χ4v) is 5.09. The maximum atomic E-state index is 12.4. The lowest BCUT2D eigenvalue weighted by Gasteiger charge is -2.33. The molecule has 1 saturated heterocycles. The van der Waals surface area contributed by atoms with E-state index in [0.29, 0.717) is 39.3 Å². The summed E-state index contributed by atoms with van der Waals surface area (Å²) in [5.41, 5.74) is 2.93. The number of sulfonamides is 1. The molecule has 2 aromatic carbocycles. The number of hydrogen-bond donors (Lipinski definition) is 1. The number of carbonyl (C=O) groups excluding carboxylic acids is 1. The molecule has 0 unspecified atom stereocenters. The zero-order valence-corrected chi connectivity index (χ0v) is 22.1. The molecule has 37 heavy (non-hydrogen) atoms. The Morgan fingerprint density at radius 1 is 1.00 bits per heavy atom. The largest absolute Gasteiger partial charge is 0.492 e. The van der Waals surface area contributed by atoms with Gasteiger partial charge in [0.2, 0.25) is 10.0 Å². The van der Waals surface area contributed by atoms with Crippen molar-refractivity contribution in [2.45, 2.75) is 19.3 Å². The molecule has 1 amide bonds. The molecule has 198 valence electrons. The Morgan fingerprint density at radius 3 is 2.43 bits per heavy atom. The van der Waals surface area contributed by atoms with E-state index in [-0.39, 0.29) is 6.03 Å². The van der Waals surface area contributed by atoms with Crippen molar-refractivity contribution >= 4 is 16.1 Å². The van der Waals surface area contributed by atoms with Gasteiger partial charge in [0.1, 0.15) is 18.7 Å². The first-order valence-corrected chi connectivity index (χ1v) is 14.5. The monoisotopic (exact) mass is 525 g/mol. The number of hydrogen-bond acceptors (Lipinski definition) is 6. The lowest BCUT2D eigenvalue weighted by molar-refractivity contribution is 0.159. The predicted molar refractivity (Wildman–Crippen MR) is 144 cm³/mol. The van der Waals surface area contributed by atoms with Crippen LogP contribution in [0, 0.1) is 0 Å². The van der Waals surface area contributed by atoms with Crippen LogP contribution >= 0.6 is 0 Å². The molecule has 1 aromatic heterocycles. The van der Waals surface area contributed by atoms with E-state index in [2.05, 4.69) is 27.3 Å². The number of amides is 1. The minimum absolute atomic E-state index is 0.184. The first-order valence-electron chi connectivity index (χ1n) is 12.7. The Balaban J connectivity index is 1.16. The Hall–Kier alpha value is -3.21. The van der Waals surface area contributed by atoms with Gasteiger partial charge in [0, 0.05) is 51.0 Å². The molecule has 0 bridgehead atoms. The van der Waals surface area contributed by atoms with Gasteiger partial charge < -0.3 is 10.1 Å². The average Bonchev–Trinajstić information content (AvgIpc) is 3.40. The Bertz CT molecular complexity index is 1240. The van der Waals surface area contributed by atoms with Gasteiger partial charge in [-0.25, -0.2) is 18.2 Å². The van der Waals surface area contributed by atoms with E-state index in [1.165, 1.54) is 27.0 Å². The fraction of sp³-hybridized carbons (Fsp3) is 0.407. The SMILES string of the molecule is CS(=O)(=O)N1CCN(CCOc2ccc(-c3cn(C(=O)NCCCCc4ccccc4)cn3)cc2)CC1. The lowest BCUT2D eigenvalue weighted by atomic mass is 10.1. The zero-order chi connectivity index (χ0) is 26.1. The van der Waals surface area contributed by atoms with E-state index in [1.54, 1.807) is 6.20 Å². The van der Waals surface area contributed by atoms with E-state index in [4.69, 9.17) is 4.74 Å². The van der Waals surface area contributed by atoms with Crippen LogP contribution in [0.25, 0.3) is 11.3 Å². The summed E-state index contributed by atoms with van der Waals surface area (Å²) >= 11 is 0. The second-order valence-corrected chi connectivity index (χ2v) is 11.2. The number of ether oxygens (including phenoxy) is 1. The molecule has 9 nitrogen and oxygen atoms in total. The summed E-state index contributed by atoms with van der Waals surface area (Å²) in [5.74, 6) is 0.756. The highest BCUT2D eigenvalue weighted by Crippen LogP contribution is 2.21. The minimum Gasteiger partial charge on any atom is -0.492 e. The molecule has 4 rings (SSSR count). The van der Waals surface area contributed by atoms with Crippen LogP contribution in [-0.2, 0) is 16.4 Å². The molecule has 1 aliphatic heterocycles. The zero-order valence-electron chi connectivity index (χ0n) is 21.3. The van der Waals surface area contributed by atoms with Crippen LogP contribution in [0.3, 0.4) is 0 Å². The molecule has 0 saturated carbocycles. The molecular weight excluding hydrogens is 490 g/mol. The summed E-state index contributed by atoms with van der Waals surface area (Å²) < 4.78 is 32.1. The molecule has 0 radical (unpaired) electrons. The van der Waals surface area contributed by atoms with E-state index in [0.717, 1.165) is 42.8 Å². The molecular formula is C27H35N5O4S. The van der Waals surface area contributed by atoms with Crippen LogP contribution in [-0.4, -0.2) is 85.3 Å². The van der Waals surface area contributed by atoms with Crippen LogP contribution in [0.15, 0.2) is 67.1 Å². The molecule has 0 spiro atoms. The standard InChI is InChI=1S/C27H35N5O4S/c1-37(34,35)32-17-15-30(16-18-32)19-20-36-25-12-10-24(11-13-25)26-21-31(22-29-26)27(33)28-14-6-5-9-23-7-3-2-4-8-23/h2-4,7-8,10-13,21-22H,5-6,9,14-20H2,1H3,(H,28,33). The highest BCUT2D eigenvalue weighted by Gasteiger charge is 2.23. The van der Waals surface area contributed by atoms with Crippen molar-refractivity contribution in [1.29, 1.82) is 0 Å². The average molecular weight is 526 g/mol. The van der Waals surface area contributed by atoms with Crippen LogP contribution < -0.4 is 10.1 Å². The van der Waals surface area contributed by atoms with Gasteiger partial charge in [-0.1, -0.05) is 30.3 Å². The van der Waals surface area contributed by atoms with Crippen molar-refractivity contribution in [2.75, 3.05) is 52.1 Å². The highest BCUT2D eigenvalue weighted by molar-refractivity contribution is 7.88. The van der Waals surface area contributed by atoms with E-state index in [1.807, 2.05) is 42.5 Å². The number of aryl methyl sites for hydroxylation is 1. The number of aromatic nitrogens is 2. The normalized spacial score (nSPS) is 14.9. The summed E-state index contributed by atoms with van der Waals surface area (Å²) in [6.45, 7) is 4.35. The van der Waals surface area contributed by atoms with E-state index < -0.39 is 10.0 Å². The molecule has 0 atom stereocenters. The Labute approximate surface area is 219 Å². The number of carbonyl (C=O) groups is 1. The van der Waals surface area contributed by atoms with Crippen molar-refractivity contribution < 1.29 is 17.9 Å². The van der Waals surface area contributed by atoms with Gasteiger partial charge in [-0.05, 0) is 49.1 Å². The molecule has 1 N–H and O–H groups in total. The van der Waals surface area contributed by atoms with Gasteiger partial charge in [-0.15, -0.1) is 0 Å². The first-order chi connectivity index (χ1) is 17.9. The van der Waals surface area contributed by atoms with Gasteiger partial charge in [0.15, 0.2) is 0 Å². The van der Waals surface area contributed by atoms with E-state index >= 15 is 0 Å². The van der Waals surface area contributed by atoms with Gasteiger partial charge in [-0.3, -0.25) is 9.47 Å². The van der Waals surface area contributed by atoms with Crippen molar-refractivity contribution in [3.8, 4) is 17.0 Å². The number of rotatable bonds is 11. The third kappa shape index (κ3) is 8.14. The number of benzene rings is 2. The lowest BCUT2D eigenvalue weighted by Crippen LogP contribution is -2.49. The van der Waals surface area contributed by atoms with Gasteiger partial charge in [0.05, 0.1) is 11.9 Å². The third-order valence-electron chi connectivity index (χ3n) is 6.45. The Kier molecular flexibility index (Phi) is 9.32. The number of nitrogens with one attached hydrogen (secondary N) is 1. The van der Waals surface area contributed by atoms with Crippen molar-refractivity contribution in [3.63, 3.8) is 0 Å². The van der Waals surface area contributed by atoms with Crippen molar-refractivity contribution in [1.82, 2.24) is 24.1 Å². The molecule has 3 aromatic rings. The minimum atomic E-state index is -3.11. The van der Waals surface area contributed by atoms with Crippen molar-refractivity contribution in [3.05, 3.63) is 72.7 Å². The number of unbranched alkanes of at least 4 members (excludes halogenated alkanes) is 1. The summed E-state index contributed by atoms with van der Waals surface area (Å²) in [6, 6.07) is 17.8. The van der Waals surface area contributed by atoms with Crippen molar-refractivity contribution in [2.24, 2.45) is 0 Å². The fourth-order valence-electron chi connectivity index (χ4n) is 4.27. The van der Waals surface area contributed by atoms with E-state index in [9.17, 15) is 13.2 Å². The van der Waals surface area contributed by atoms with Crippen LogP contribution in [0.4, 0.5) is 4.79 Å². The summed E-state index contributed by atoms with van der Waals surface area (Å²) in [4.78, 5) is 19.0. The van der Waals surface area contributed by atoms with Crippen LogP contribution in [0.1, 0.15) is 18.4 Å². The Morgan fingerprint density at radius 2 is 1.73 bits per heavy atom. The number of nitrogens with zero attached hydrogens (tertiary/aromatic N) is 4. The quantitative estimate of drug-likeness (QED) is 0.387. The topological polar surface area (TPSA) is 96.8 Å².